The number of nitrogens with zero attached hydrogens (tertiary/aromatic N) is 2. The zero-order valence-electron chi connectivity index (χ0n) is 19.8. The number of amides is 1. The van der Waals surface area contributed by atoms with Crippen LogP contribution in [0.3, 0.4) is 0 Å². The van der Waals surface area contributed by atoms with E-state index in [0.29, 0.717) is 36.1 Å². The van der Waals surface area contributed by atoms with Crippen molar-refractivity contribution in [3.8, 4) is 22.5 Å². The van der Waals surface area contributed by atoms with Crippen molar-refractivity contribution in [3.05, 3.63) is 90.0 Å². The van der Waals surface area contributed by atoms with Gasteiger partial charge in [0.2, 0.25) is 11.7 Å². The Bertz CT molecular complexity index is 1340. The van der Waals surface area contributed by atoms with Gasteiger partial charge in [-0.25, -0.2) is 0 Å². The monoisotopic (exact) mass is 523 g/mol. The number of nitrogens with one attached hydrogen (secondary N) is 1. The molecule has 0 saturated heterocycles. The van der Waals surface area contributed by atoms with E-state index in [-0.39, 0.29) is 0 Å². The number of halogens is 3. The third kappa shape index (κ3) is 5.13. The van der Waals surface area contributed by atoms with Crippen LogP contribution in [0.15, 0.2) is 88.6 Å². The first kappa shape index (κ1) is 25.1. The number of carbonyl (C=O) groups is 1. The lowest BCUT2D eigenvalue weighted by Gasteiger charge is -2.31. The molecule has 0 atom stereocenters. The molecule has 0 unspecified atom stereocenters. The molecule has 5 nitrogen and oxygen atoms in total. The van der Waals surface area contributed by atoms with E-state index < -0.39 is 24.0 Å². The Morgan fingerprint density at radius 3 is 2.16 bits per heavy atom. The Kier molecular flexibility index (Phi) is 7.06. The summed E-state index contributed by atoms with van der Waals surface area (Å²) in [6.07, 6.45) is -2.78. The molecule has 1 N–H and O–H groups in total. The minimum absolute atomic E-state index is 0.379. The number of unbranched alkanes of at least 4 members (excludes halogenated alkanes) is 1. The van der Waals surface area contributed by atoms with Gasteiger partial charge in [0.25, 0.3) is 5.22 Å². The van der Waals surface area contributed by atoms with Gasteiger partial charge < -0.3 is 9.84 Å². The first-order valence-electron chi connectivity index (χ1n) is 11.9. The van der Waals surface area contributed by atoms with Crippen LogP contribution in [0.5, 0.6) is 0 Å². The van der Waals surface area contributed by atoms with Crippen LogP contribution in [0.1, 0.15) is 30.4 Å². The standard InChI is InChI=1S/C28H24F3N3O2S/c29-28(30,31)18-32-25(35)27(22-14-6-4-12-20(22)21-13-5-7-15-23(21)27)16-8-9-17-37-26-33-24(34-36-26)19-10-2-1-3-11-19/h1-7,10-15H,8-9,16-18H2,(H,32,35). The average Bonchev–Trinajstić information content (AvgIpc) is 3.49. The molecule has 0 bridgehead atoms. The number of alkyl halides is 3. The van der Waals surface area contributed by atoms with Crippen molar-refractivity contribution < 1.29 is 22.5 Å². The van der Waals surface area contributed by atoms with Gasteiger partial charge in [-0.2, -0.15) is 18.2 Å². The topological polar surface area (TPSA) is 68.0 Å². The van der Waals surface area contributed by atoms with Crippen LogP contribution in [0.2, 0.25) is 0 Å². The Labute approximate surface area is 216 Å². The summed E-state index contributed by atoms with van der Waals surface area (Å²) in [7, 11) is 0. The largest absolute Gasteiger partial charge is 0.405 e. The predicted molar refractivity (Wildman–Crippen MR) is 136 cm³/mol. The maximum absolute atomic E-state index is 13.5. The summed E-state index contributed by atoms with van der Waals surface area (Å²) < 4.78 is 44.4. The number of carbonyl (C=O) groups excluding carboxylic acids is 1. The zero-order valence-corrected chi connectivity index (χ0v) is 20.6. The van der Waals surface area contributed by atoms with E-state index in [2.05, 4.69) is 15.5 Å². The number of hydrogen-bond acceptors (Lipinski definition) is 5. The lowest BCUT2D eigenvalue weighted by Crippen LogP contribution is -2.47. The first-order chi connectivity index (χ1) is 17.9. The van der Waals surface area contributed by atoms with Gasteiger partial charge in [-0.1, -0.05) is 102 Å². The number of rotatable bonds is 9. The molecular weight excluding hydrogens is 499 g/mol. The molecular formula is C28H24F3N3O2S. The van der Waals surface area contributed by atoms with Crippen molar-refractivity contribution in [2.24, 2.45) is 0 Å². The van der Waals surface area contributed by atoms with Crippen LogP contribution in [-0.2, 0) is 10.2 Å². The molecule has 1 heterocycles. The highest BCUT2D eigenvalue weighted by molar-refractivity contribution is 7.99. The molecule has 0 spiro atoms. The molecule has 0 fully saturated rings. The third-order valence-corrected chi connectivity index (χ3v) is 7.42. The van der Waals surface area contributed by atoms with Crippen molar-refractivity contribution >= 4 is 17.7 Å². The molecule has 0 aliphatic heterocycles. The van der Waals surface area contributed by atoms with E-state index in [1.165, 1.54) is 11.8 Å². The van der Waals surface area contributed by atoms with Crippen molar-refractivity contribution in [3.63, 3.8) is 0 Å². The molecule has 1 amide bonds. The molecule has 9 heteroatoms. The van der Waals surface area contributed by atoms with E-state index in [1.54, 1.807) is 0 Å². The molecule has 0 radical (unpaired) electrons. The Hall–Kier alpha value is -3.59. The molecule has 0 saturated carbocycles. The normalized spacial score (nSPS) is 13.7. The zero-order chi connectivity index (χ0) is 25.9. The molecule has 1 aliphatic carbocycles. The van der Waals surface area contributed by atoms with E-state index in [1.807, 2.05) is 78.9 Å². The van der Waals surface area contributed by atoms with E-state index in [4.69, 9.17) is 4.52 Å². The summed E-state index contributed by atoms with van der Waals surface area (Å²) in [5.74, 6) is 0.557. The number of thioether (sulfide) groups is 1. The highest BCUT2D eigenvalue weighted by Gasteiger charge is 2.49. The van der Waals surface area contributed by atoms with Gasteiger partial charge in [-0.15, -0.1) is 0 Å². The van der Waals surface area contributed by atoms with Gasteiger partial charge in [-0.3, -0.25) is 4.79 Å². The highest BCUT2D eigenvalue weighted by atomic mass is 32.2. The van der Waals surface area contributed by atoms with Crippen LogP contribution in [-0.4, -0.2) is 34.5 Å². The van der Waals surface area contributed by atoms with E-state index in [9.17, 15) is 18.0 Å². The molecule has 5 rings (SSSR count). The smallest absolute Gasteiger partial charge is 0.346 e. The fraction of sp³-hybridized carbons (Fsp3) is 0.250. The predicted octanol–water partition coefficient (Wildman–Crippen LogP) is 6.64. The van der Waals surface area contributed by atoms with Gasteiger partial charge in [-0.05, 0) is 35.1 Å². The number of hydrogen-bond donors (Lipinski definition) is 1. The minimum Gasteiger partial charge on any atom is -0.346 e. The maximum Gasteiger partial charge on any atom is 0.405 e. The van der Waals surface area contributed by atoms with Crippen molar-refractivity contribution in [1.82, 2.24) is 15.5 Å². The van der Waals surface area contributed by atoms with Crippen LogP contribution in [0, 0.1) is 0 Å². The van der Waals surface area contributed by atoms with Gasteiger partial charge in [0.15, 0.2) is 0 Å². The average molecular weight is 524 g/mol. The van der Waals surface area contributed by atoms with Gasteiger partial charge >= 0.3 is 6.18 Å². The van der Waals surface area contributed by atoms with E-state index >= 15 is 0 Å². The van der Waals surface area contributed by atoms with E-state index in [0.717, 1.165) is 27.8 Å². The Balaban J connectivity index is 1.31. The van der Waals surface area contributed by atoms with Gasteiger partial charge in [0.05, 0.1) is 0 Å². The van der Waals surface area contributed by atoms with Crippen molar-refractivity contribution in [2.75, 3.05) is 12.3 Å². The Morgan fingerprint density at radius 2 is 1.51 bits per heavy atom. The molecule has 190 valence electrons. The summed E-state index contributed by atoms with van der Waals surface area (Å²) in [5, 5.41) is 6.64. The second-order valence-electron chi connectivity index (χ2n) is 8.85. The molecule has 1 aliphatic rings. The lowest BCUT2D eigenvalue weighted by molar-refractivity contribution is -0.141. The highest BCUT2D eigenvalue weighted by Crippen LogP contribution is 2.51. The molecule has 4 aromatic rings. The summed E-state index contributed by atoms with van der Waals surface area (Å²) in [6, 6.07) is 24.5. The minimum atomic E-state index is -4.49. The fourth-order valence-corrected chi connectivity index (χ4v) is 5.67. The summed E-state index contributed by atoms with van der Waals surface area (Å²) in [6.45, 7) is -1.37. The van der Waals surface area contributed by atoms with Crippen molar-refractivity contribution in [1.29, 1.82) is 0 Å². The van der Waals surface area contributed by atoms with Crippen LogP contribution < -0.4 is 5.32 Å². The number of benzene rings is 3. The summed E-state index contributed by atoms with van der Waals surface area (Å²) >= 11 is 1.42. The lowest BCUT2D eigenvalue weighted by atomic mass is 9.73. The maximum atomic E-state index is 13.5. The van der Waals surface area contributed by atoms with Gasteiger partial charge in [0.1, 0.15) is 12.0 Å². The molecule has 37 heavy (non-hydrogen) atoms. The second kappa shape index (κ2) is 10.4. The van der Waals surface area contributed by atoms with Crippen LogP contribution in [0.25, 0.3) is 22.5 Å². The molecule has 3 aromatic carbocycles. The molecule has 1 aromatic heterocycles. The quantitative estimate of drug-likeness (QED) is 0.197. The third-order valence-electron chi connectivity index (χ3n) is 6.51. The Morgan fingerprint density at radius 1 is 0.892 bits per heavy atom. The van der Waals surface area contributed by atoms with Crippen LogP contribution in [0.4, 0.5) is 13.2 Å². The second-order valence-corrected chi connectivity index (χ2v) is 9.90. The summed E-state index contributed by atoms with van der Waals surface area (Å²) in [4.78, 5) is 17.9. The fourth-order valence-electron chi connectivity index (χ4n) is 4.91. The summed E-state index contributed by atoms with van der Waals surface area (Å²) in [5.41, 5.74) is 2.93. The van der Waals surface area contributed by atoms with Gasteiger partial charge in [0, 0.05) is 11.3 Å². The number of aromatic nitrogens is 2. The van der Waals surface area contributed by atoms with Crippen molar-refractivity contribution in [2.45, 2.75) is 36.1 Å². The SMILES string of the molecule is O=C(NCC(F)(F)F)C1(CCCCSc2nc(-c3ccccc3)no2)c2ccccc2-c2ccccc21. The first-order valence-corrected chi connectivity index (χ1v) is 12.9. The number of fused-ring (bicyclic) bond motifs is 3. The van der Waals surface area contributed by atoms with Crippen LogP contribution >= 0.6 is 11.8 Å².